The van der Waals surface area contributed by atoms with Gasteiger partial charge in [-0.1, -0.05) is 6.07 Å². The van der Waals surface area contributed by atoms with Gasteiger partial charge in [-0.05, 0) is 67.8 Å². The SMILES string of the molecule is Cc1ccc(C2/C(=C(/O)c3ccc4c(c3)CCCO4)C(=O)C(=O)N2Cc2ccccn2)o1. The molecule has 1 unspecified atom stereocenters. The normalized spacial score (nSPS) is 19.7. The Kier molecular flexibility index (Phi) is 5.01. The number of ether oxygens (including phenoxy) is 1. The van der Waals surface area contributed by atoms with Crippen molar-refractivity contribution in [1.29, 1.82) is 0 Å². The van der Waals surface area contributed by atoms with Crippen LogP contribution in [0.15, 0.2) is 64.7 Å². The van der Waals surface area contributed by atoms with E-state index in [1.54, 1.807) is 49.5 Å². The maximum atomic E-state index is 13.1. The quantitative estimate of drug-likeness (QED) is 0.383. The molecule has 1 N–H and O–H groups in total. The molecule has 32 heavy (non-hydrogen) atoms. The van der Waals surface area contributed by atoms with Gasteiger partial charge in [0.05, 0.1) is 24.4 Å². The van der Waals surface area contributed by atoms with Crippen LogP contribution in [0, 0.1) is 6.92 Å². The number of carbonyl (C=O) groups is 2. The topological polar surface area (TPSA) is 92.9 Å². The summed E-state index contributed by atoms with van der Waals surface area (Å²) in [6, 6.07) is 13.4. The molecule has 1 amide bonds. The molecule has 1 aromatic carbocycles. The number of benzene rings is 1. The van der Waals surface area contributed by atoms with Crippen molar-refractivity contribution in [2.45, 2.75) is 32.4 Å². The van der Waals surface area contributed by atoms with E-state index in [4.69, 9.17) is 9.15 Å². The lowest BCUT2D eigenvalue weighted by Crippen LogP contribution is -2.29. The molecule has 2 aliphatic heterocycles. The minimum Gasteiger partial charge on any atom is -0.507 e. The van der Waals surface area contributed by atoms with Crippen molar-refractivity contribution in [2.75, 3.05) is 6.61 Å². The molecule has 1 saturated heterocycles. The highest BCUT2D eigenvalue weighted by Gasteiger charge is 2.47. The van der Waals surface area contributed by atoms with Gasteiger partial charge in [0.25, 0.3) is 11.7 Å². The summed E-state index contributed by atoms with van der Waals surface area (Å²) in [4.78, 5) is 31.8. The van der Waals surface area contributed by atoms with E-state index in [0.29, 0.717) is 29.4 Å². The van der Waals surface area contributed by atoms with E-state index >= 15 is 0 Å². The first kappa shape index (κ1) is 20.1. The minimum atomic E-state index is -0.849. The minimum absolute atomic E-state index is 0.0111. The third-order valence-electron chi connectivity index (χ3n) is 5.81. The lowest BCUT2D eigenvalue weighted by atomic mass is 9.96. The zero-order chi connectivity index (χ0) is 22.2. The van der Waals surface area contributed by atoms with Gasteiger partial charge in [0.2, 0.25) is 0 Å². The fourth-order valence-corrected chi connectivity index (χ4v) is 4.27. The molecular weight excluding hydrogens is 408 g/mol. The highest BCUT2D eigenvalue weighted by Crippen LogP contribution is 2.41. The number of aryl methyl sites for hydroxylation is 2. The Labute approximate surface area is 184 Å². The van der Waals surface area contributed by atoms with Crippen LogP contribution in [0.4, 0.5) is 0 Å². The van der Waals surface area contributed by atoms with Gasteiger partial charge in [0.1, 0.15) is 29.1 Å². The Morgan fingerprint density at radius 3 is 2.81 bits per heavy atom. The van der Waals surface area contributed by atoms with Crippen LogP contribution in [0.3, 0.4) is 0 Å². The second-order valence-electron chi connectivity index (χ2n) is 7.97. The molecule has 3 aromatic rings. The number of likely N-dealkylation sites (tertiary alicyclic amines) is 1. The van der Waals surface area contributed by atoms with Crippen LogP contribution in [0.2, 0.25) is 0 Å². The number of Topliss-reactive ketones (excluding diaryl/α,β-unsaturated/α-hetero) is 1. The van der Waals surface area contributed by atoms with E-state index < -0.39 is 17.7 Å². The monoisotopic (exact) mass is 430 g/mol. The van der Waals surface area contributed by atoms with Gasteiger partial charge in [-0.3, -0.25) is 14.6 Å². The van der Waals surface area contributed by atoms with E-state index in [0.717, 1.165) is 24.2 Å². The van der Waals surface area contributed by atoms with Gasteiger partial charge < -0.3 is 19.2 Å². The third-order valence-corrected chi connectivity index (χ3v) is 5.81. The third kappa shape index (κ3) is 3.45. The molecule has 7 heteroatoms. The molecule has 0 saturated carbocycles. The lowest BCUT2D eigenvalue weighted by molar-refractivity contribution is -0.140. The molecule has 1 fully saturated rings. The van der Waals surface area contributed by atoms with Crippen molar-refractivity contribution in [3.63, 3.8) is 0 Å². The number of amides is 1. The summed E-state index contributed by atoms with van der Waals surface area (Å²) in [6.07, 6.45) is 3.34. The van der Waals surface area contributed by atoms with Gasteiger partial charge in [0, 0.05) is 11.8 Å². The molecular formula is C25H22N2O5. The number of aromatic nitrogens is 1. The number of ketones is 1. The lowest BCUT2D eigenvalue weighted by Gasteiger charge is -2.23. The number of nitrogens with zero attached hydrogens (tertiary/aromatic N) is 2. The molecule has 0 spiro atoms. The number of aliphatic hydroxyl groups excluding tert-OH is 1. The maximum absolute atomic E-state index is 13.1. The highest BCUT2D eigenvalue weighted by molar-refractivity contribution is 6.46. The van der Waals surface area contributed by atoms with Crippen LogP contribution < -0.4 is 4.74 Å². The molecule has 0 bridgehead atoms. The summed E-state index contributed by atoms with van der Waals surface area (Å²) in [6.45, 7) is 2.57. The van der Waals surface area contributed by atoms with Crippen LogP contribution >= 0.6 is 0 Å². The van der Waals surface area contributed by atoms with Crippen LogP contribution in [-0.2, 0) is 22.6 Å². The average molecular weight is 430 g/mol. The molecule has 5 rings (SSSR count). The molecule has 1 atom stereocenters. The van der Waals surface area contributed by atoms with Crippen LogP contribution in [0.5, 0.6) is 5.75 Å². The molecule has 4 heterocycles. The van der Waals surface area contributed by atoms with Crippen LogP contribution in [0.25, 0.3) is 5.76 Å². The number of hydrogen-bond acceptors (Lipinski definition) is 6. The first-order valence-corrected chi connectivity index (χ1v) is 10.5. The predicted molar refractivity (Wildman–Crippen MR) is 116 cm³/mol. The largest absolute Gasteiger partial charge is 0.507 e. The zero-order valence-electron chi connectivity index (χ0n) is 17.6. The van der Waals surface area contributed by atoms with Crippen molar-refractivity contribution in [3.8, 4) is 5.75 Å². The molecule has 2 aromatic heterocycles. The molecule has 7 nitrogen and oxygen atoms in total. The van der Waals surface area contributed by atoms with E-state index in [1.165, 1.54) is 4.90 Å². The number of aliphatic hydroxyl groups is 1. The van der Waals surface area contributed by atoms with E-state index in [9.17, 15) is 14.7 Å². The fourth-order valence-electron chi connectivity index (χ4n) is 4.27. The summed E-state index contributed by atoms with van der Waals surface area (Å²) in [7, 11) is 0. The smallest absolute Gasteiger partial charge is 0.296 e. The van der Waals surface area contributed by atoms with E-state index in [-0.39, 0.29) is 17.9 Å². The molecule has 0 aliphatic carbocycles. The second kappa shape index (κ2) is 8.00. The Morgan fingerprint density at radius 1 is 1.19 bits per heavy atom. The molecule has 0 radical (unpaired) electrons. The highest BCUT2D eigenvalue weighted by atomic mass is 16.5. The zero-order valence-corrected chi connectivity index (χ0v) is 17.6. The first-order valence-electron chi connectivity index (χ1n) is 10.5. The maximum Gasteiger partial charge on any atom is 0.296 e. The van der Waals surface area contributed by atoms with Crippen molar-refractivity contribution in [2.24, 2.45) is 0 Å². The van der Waals surface area contributed by atoms with Crippen LogP contribution in [0.1, 0.15) is 40.8 Å². The fraction of sp³-hybridized carbons (Fsp3) is 0.240. The number of carbonyl (C=O) groups excluding carboxylic acids is 2. The van der Waals surface area contributed by atoms with E-state index in [2.05, 4.69) is 4.98 Å². The standard InChI is InChI=1S/C25H22N2O5/c1-15-7-9-20(32-15)22-21(23(28)17-8-10-19-16(13-17)5-4-12-31-19)24(29)25(30)27(22)14-18-6-2-3-11-26-18/h2-3,6-11,13,22,28H,4-5,12,14H2,1H3/b23-21-. The van der Waals surface area contributed by atoms with Crippen molar-refractivity contribution in [1.82, 2.24) is 9.88 Å². The van der Waals surface area contributed by atoms with E-state index in [1.807, 2.05) is 12.1 Å². The number of pyridine rings is 1. The number of furan rings is 1. The second-order valence-corrected chi connectivity index (χ2v) is 7.97. The summed E-state index contributed by atoms with van der Waals surface area (Å²) in [5, 5.41) is 11.2. The number of hydrogen-bond donors (Lipinski definition) is 1. The van der Waals surface area contributed by atoms with Crippen LogP contribution in [-0.4, -0.2) is 33.3 Å². The summed E-state index contributed by atoms with van der Waals surface area (Å²) in [5.74, 6) is 0.180. The Hall–Kier alpha value is -3.87. The van der Waals surface area contributed by atoms with Gasteiger partial charge in [-0.2, -0.15) is 0 Å². The van der Waals surface area contributed by atoms with Crippen molar-refractivity contribution < 1.29 is 23.8 Å². The van der Waals surface area contributed by atoms with Gasteiger partial charge in [0.15, 0.2) is 0 Å². The van der Waals surface area contributed by atoms with Gasteiger partial charge in [-0.15, -0.1) is 0 Å². The number of rotatable bonds is 4. The Balaban J connectivity index is 1.62. The molecule has 162 valence electrons. The van der Waals surface area contributed by atoms with Gasteiger partial charge >= 0.3 is 0 Å². The van der Waals surface area contributed by atoms with Gasteiger partial charge in [-0.25, -0.2) is 0 Å². The average Bonchev–Trinajstić information content (AvgIpc) is 3.35. The molecule has 2 aliphatic rings. The summed E-state index contributed by atoms with van der Waals surface area (Å²) < 4.78 is 11.5. The first-order chi connectivity index (χ1) is 15.5. The summed E-state index contributed by atoms with van der Waals surface area (Å²) >= 11 is 0. The number of fused-ring (bicyclic) bond motifs is 1. The predicted octanol–water partition coefficient (Wildman–Crippen LogP) is 3.93. The van der Waals surface area contributed by atoms with Crippen molar-refractivity contribution in [3.05, 3.63) is 88.6 Å². The Bertz CT molecular complexity index is 1230. The summed E-state index contributed by atoms with van der Waals surface area (Å²) in [5.41, 5.74) is 2.08. The Morgan fingerprint density at radius 2 is 2.06 bits per heavy atom. The van der Waals surface area contributed by atoms with Crippen molar-refractivity contribution >= 4 is 17.4 Å².